The van der Waals surface area contributed by atoms with Gasteiger partial charge in [0, 0.05) is 24.9 Å². The van der Waals surface area contributed by atoms with Crippen LogP contribution in [-0.4, -0.2) is 35.1 Å². The van der Waals surface area contributed by atoms with Gasteiger partial charge in [-0.15, -0.1) is 0 Å². The minimum absolute atomic E-state index is 0.264. The first-order valence-electron chi connectivity index (χ1n) is 7.65. The van der Waals surface area contributed by atoms with Crippen molar-refractivity contribution < 1.29 is 9.90 Å². The van der Waals surface area contributed by atoms with Gasteiger partial charge >= 0.3 is 0 Å². The summed E-state index contributed by atoms with van der Waals surface area (Å²) >= 11 is 0. The van der Waals surface area contributed by atoms with E-state index in [0.717, 1.165) is 38.8 Å². The Morgan fingerprint density at radius 3 is 2.39 bits per heavy atom. The highest BCUT2D eigenvalue weighted by molar-refractivity contribution is 5.79. The minimum atomic E-state index is -0.283. The molecule has 0 radical (unpaired) electrons. The second-order valence-electron chi connectivity index (χ2n) is 6.12. The quantitative estimate of drug-likeness (QED) is 0.768. The molecule has 2 aliphatic rings. The second-order valence-corrected chi connectivity index (χ2v) is 6.12. The average molecular weight is 253 g/mol. The molecule has 1 aliphatic heterocycles. The molecule has 1 saturated carbocycles. The maximum Gasteiger partial charge on any atom is 0.225 e. The van der Waals surface area contributed by atoms with E-state index in [1.165, 1.54) is 25.7 Å². The van der Waals surface area contributed by atoms with Crippen LogP contribution in [0.1, 0.15) is 58.3 Å². The molecule has 0 spiro atoms. The van der Waals surface area contributed by atoms with E-state index in [-0.39, 0.29) is 17.9 Å². The average Bonchev–Trinajstić information content (AvgIpc) is 2.67. The fourth-order valence-corrected chi connectivity index (χ4v) is 3.39. The van der Waals surface area contributed by atoms with Crippen LogP contribution in [0.2, 0.25) is 0 Å². The molecule has 0 aromatic rings. The monoisotopic (exact) mass is 253 g/mol. The predicted molar refractivity (Wildman–Crippen MR) is 72.2 cm³/mol. The highest BCUT2D eigenvalue weighted by Gasteiger charge is 2.30. The Balaban J connectivity index is 1.90. The van der Waals surface area contributed by atoms with Crippen LogP contribution in [0.15, 0.2) is 0 Å². The summed E-state index contributed by atoms with van der Waals surface area (Å²) in [6, 6.07) is 0. The first-order chi connectivity index (χ1) is 8.68. The maximum atomic E-state index is 12.5. The van der Waals surface area contributed by atoms with E-state index in [2.05, 4.69) is 0 Å². The van der Waals surface area contributed by atoms with Gasteiger partial charge < -0.3 is 10.0 Å². The number of amides is 1. The van der Waals surface area contributed by atoms with Gasteiger partial charge in [-0.25, -0.2) is 0 Å². The van der Waals surface area contributed by atoms with Crippen LogP contribution in [0.25, 0.3) is 0 Å². The van der Waals surface area contributed by atoms with Gasteiger partial charge in [0.25, 0.3) is 0 Å². The third-order valence-corrected chi connectivity index (χ3v) is 4.66. The number of carbonyl (C=O) groups excluding carboxylic acids is 1. The van der Waals surface area contributed by atoms with Crippen LogP contribution >= 0.6 is 0 Å². The van der Waals surface area contributed by atoms with Crippen LogP contribution in [0.3, 0.4) is 0 Å². The minimum Gasteiger partial charge on any atom is -0.393 e. The van der Waals surface area contributed by atoms with Crippen molar-refractivity contribution in [2.45, 2.75) is 64.4 Å². The molecule has 0 bridgehead atoms. The molecule has 3 heteroatoms. The van der Waals surface area contributed by atoms with Crippen molar-refractivity contribution in [2.75, 3.05) is 13.1 Å². The Morgan fingerprint density at radius 1 is 1.11 bits per heavy atom. The predicted octanol–water partition coefficient (Wildman–Crippen LogP) is 2.58. The summed E-state index contributed by atoms with van der Waals surface area (Å²) in [6.45, 7) is 3.52. The zero-order chi connectivity index (χ0) is 13.0. The topological polar surface area (TPSA) is 40.5 Å². The number of carbonyl (C=O) groups is 1. The molecular weight excluding hydrogens is 226 g/mol. The summed E-state index contributed by atoms with van der Waals surface area (Å²) in [5.74, 6) is 0.913. The van der Waals surface area contributed by atoms with E-state index >= 15 is 0 Å². The molecular formula is C15H27NO2. The second kappa shape index (κ2) is 6.55. The summed E-state index contributed by atoms with van der Waals surface area (Å²) < 4.78 is 0. The van der Waals surface area contributed by atoms with Crippen LogP contribution in [0, 0.1) is 11.8 Å². The molecule has 2 unspecified atom stereocenters. The third-order valence-electron chi connectivity index (χ3n) is 4.66. The number of likely N-dealkylation sites (tertiary alicyclic amines) is 1. The summed E-state index contributed by atoms with van der Waals surface area (Å²) in [5.41, 5.74) is 0. The van der Waals surface area contributed by atoms with Gasteiger partial charge in [0.2, 0.25) is 5.91 Å². The van der Waals surface area contributed by atoms with Crippen molar-refractivity contribution in [3.05, 3.63) is 0 Å². The Bertz CT molecular complexity index is 270. The molecule has 18 heavy (non-hydrogen) atoms. The largest absolute Gasteiger partial charge is 0.393 e. The molecule has 1 aliphatic carbocycles. The summed E-state index contributed by atoms with van der Waals surface area (Å²) in [7, 11) is 0. The lowest BCUT2D eigenvalue weighted by atomic mass is 9.91. The number of nitrogens with zero attached hydrogens (tertiary/aromatic N) is 1. The van der Waals surface area contributed by atoms with Gasteiger partial charge in [-0.2, -0.15) is 0 Å². The zero-order valence-corrected chi connectivity index (χ0v) is 11.6. The van der Waals surface area contributed by atoms with Gasteiger partial charge in [0.05, 0.1) is 6.10 Å². The third kappa shape index (κ3) is 3.47. The highest BCUT2D eigenvalue weighted by Crippen LogP contribution is 2.27. The zero-order valence-electron chi connectivity index (χ0n) is 11.6. The fourth-order valence-electron chi connectivity index (χ4n) is 3.39. The molecule has 1 heterocycles. The van der Waals surface area contributed by atoms with Crippen molar-refractivity contribution in [3.63, 3.8) is 0 Å². The van der Waals surface area contributed by atoms with Crippen molar-refractivity contribution in [3.8, 4) is 0 Å². The van der Waals surface area contributed by atoms with Crippen molar-refractivity contribution in [2.24, 2.45) is 11.8 Å². The van der Waals surface area contributed by atoms with E-state index < -0.39 is 0 Å². The lowest BCUT2D eigenvalue weighted by molar-refractivity contribution is -0.138. The van der Waals surface area contributed by atoms with Gasteiger partial charge in [0.1, 0.15) is 0 Å². The highest BCUT2D eigenvalue weighted by atomic mass is 16.3. The first kappa shape index (κ1) is 13.9. The number of aliphatic hydroxyl groups is 1. The number of aliphatic hydroxyl groups excluding tert-OH is 1. The Kier molecular flexibility index (Phi) is 5.04. The van der Waals surface area contributed by atoms with Gasteiger partial charge in [0.15, 0.2) is 0 Å². The van der Waals surface area contributed by atoms with Gasteiger partial charge in [-0.1, -0.05) is 25.7 Å². The lowest BCUT2D eigenvalue weighted by Gasteiger charge is -2.36. The first-order valence-corrected chi connectivity index (χ1v) is 7.65. The molecule has 0 aromatic heterocycles. The molecule has 1 amide bonds. The number of hydrogen-bond donors (Lipinski definition) is 1. The Hall–Kier alpha value is -0.570. The van der Waals surface area contributed by atoms with Gasteiger partial charge in [-0.05, 0) is 32.6 Å². The SMILES string of the molecule is CC(O)C1CCCN(C(=O)C2CCCCCC2)C1. The van der Waals surface area contributed by atoms with Crippen molar-refractivity contribution in [1.82, 2.24) is 4.90 Å². The molecule has 3 nitrogen and oxygen atoms in total. The van der Waals surface area contributed by atoms with E-state index in [0.29, 0.717) is 5.91 Å². The van der Waals surface area contributed by atoms with Crippen LogP contribution in [0.5, 0.6) is 0 Å². The standard InChI is InChI=1S/C15H27NO2/c1-12(17)14-9-6-10-16(11-14)15(18)13-7-4-2-3-5-8-13/h12-14,17H,2-11H2,1H3. The van der Waals surface area contributed by atoms with E-state index in [1.54, 1.807) is 0 Å². The molecule has 2 fully saturated rings. The van der Waals surface area contributed by atoms with E-state index in [1.807, 2.05) is 11.8 Å². The molecule has 1 saturated heterocycles. The van der Waals surface area contributed by atoms with Crippen LogP contribution < -0.4 is 0 Å². The van der Waals surface area contributed by atoms with Crippen molar-refractivity contribution >= 4 is 5.91 Å². The van der Waals surface area contributed by atoms with E-state index in [9.17, 15) is 9.90 Å². The molecule has 2 atom stereocenters. The van der Waals surface area contributed by atoms with Gasteiger partial charge in [-0.3, -0.25) is 4.79 Å². The molecule has 0 aromatic carbocycles. The smallest absolute Gasteiger partial charge is 0.225 e. The summed E-state index contributed by atoms with van der Waals surface area (Å²) in [5, 5.41) is 9.69. The molecule has 104 valence electrons. The fraction of sp³-hybridized carbons (Fsp3) is 0.933. The maximum absolute atomic E-state index is 12.5. The number of hydrogen-bond acceptors (Lipinski definition) is 2. The van der Waals surface area contributed by atoms with Crippen LogP contribution in [0.4, 0.5) is 0 Å². The lowest BCUT2D eigenvalue weighted by Crippen LogP contribution is -2.45. The normalized spacial score (nSPS) is 28.8. The Labute approximate surface area is 111 Å². The number of piperidine rings is 1. The molecule has 1 N–H and O–H groups in total. The Morgan fingerprint density at radius 2 is 1.78 bits per heavy atom. The summed E-state index contributed by atoms with van der Waals surface area (Å²) in [4.78, 5) is 14.5. The van der Waals surface area contributed by atoms with Crippen LogP contribution in [-0.2, 0) is 4.79 Å². The van der Waals surface area contributed by atoms with Crippen molar-refractivity contribution in [1.29, 1.82) is 0 Å². The summed E-state index contributed by atoms with van der Waals surface area (Å²) in [6.07, 6.45) is 8.99. The molecule has 2 rings (SSSR count). The van der Waals surface area contributed by atoms with E-state index in [4.69, 9.17) is 0 Å². The number of rotatable bonds is 2.